The monoisotopic (exact) mass is 364 g/mol. The van der Waals surface area contributed by atoms with Crippen molar-refractivity contribution < 1.29 is 0 Å². The Hall–Kier alpha value is 0.797. The summed E-state index contributed by atoms with van der Waals surface area (Å²) in [6, 6.07) is 0. The van der Waals surface area contributed by atoms with Gasteiger partial charge in [0.05, 0.1) is 0 Å². The average Bonchev–Trinajstić information content (AvgIpc) is 2.46. The van der Waals surface area contributed by atoms with E-state index in [0.29, 0.717) is 5.54 Å². The molecule has 0 bridgehead atoms. The van der Waals surface area contributed by atoms with E-state index in [1.165, 1.54) is 109 Å². The van der Waals surface area contributed by atoms with E-state index in [4.69, 9.17) is 22.2 Å². The smallest absolute Gasteiger partial charge is 0.146 e. The molecule has 0 nitrogen and oxygen atoms in total. The van der Waals surface area contributed by atoms with Crippen molar-refractivity contribution in [1.82, 2.24) is 0 Å². The molecule has 1 fully saturated rings. The van der Waals surface area contributed by atoms with Crippen LogP contribution in [0.15, 0.2) is 0 Å². The van der Waals surface area contributed by atoms with Crippen LogP contribution in [0.2, 0.25) is 12.1 Å². The van der Waals surface area contributed by atoms with E-state index in [9.17, 15) is 0 Å². The van der Waals surface area contributed by atoms with Crippen LogP contribution in [0.1, 0.15) is 109 Å². The summed E-state index contributed by atoms with van der Waals surface area (Å²) in [6.45, 7) is 0.142. The fourth-order valence-electron chi connectivity index (χ4n) is 3.73. The highest BCUT2D eigenvalue weighted by Crippen LogP contribution is 2.38. The summed E-state index contributed by atoms with van der Waals surface area (Å²) in [5, 5.41) is 0. The number of rotatable bonds is 1. The summed E-state index contributed by atoms with van der Waals surface area (Å²) < 4.78 is 0. The van der Waals surface area contributed by atoms with Crippen molar-refractivity contribution in [3.63, 3.8) is 0 Å². The molecule has 22 heavy (non-hydrogen) atoms. The highest BCUT2D eigenvalue weighted by atomic mass is 35.7. The van der Waals surface area contributed by atoms with Gasteiger partial charge in [0.1, 0.15) is 0 Å². The quantitative estimate of drug-likeness (QED) is 0.322. The van der Waals surface area contributed by atoms with E-state index in [1.54, 1.807) is 0 Å². The molecule has 132 valence electrons. The second-order valence-corrected chi connectivity index (χ2v) is 15.6. The summed E-state index contributed by atoms with van der Waals surface area (Å²) in [5.41, 5.74) is 0.620. The van der Waals surface area contributed by atoms with Crippen molar-refractivity contribution in [2.24, 2.45) is 0 Å². The normalized spacial score (nSPS) is 23.6. The molecular weight excluding hydrogens is 327 g/mol. The first-order valence-electron chi connectivity index (χ1n) is 9.98. The van der Waals surface area contributed by atoms with Crippen LogP contribution < -0.4 is 0 Å². The van der Waals surface area contributed by atoms with Crippen molar-refractivity contribution >= 4 is 28.9 Å². The van der Waals surface area contributed by atoms with E-state index in [0.717, 1.165) is 0 Å². The number of hydrogen-bond donors (Lipinski definition) is 0. The number of halogens is 2. The van der Waals surface area contributed by atoms with Crippen LogP contribution in [0, 0.1) is 0 Å². The Morgan fingerprint density at radius 2 is 0.727 bits per heavy atom. The van der Waals surface area contributed by atoms with Gasteiger partial charge in [-0.25, -0.2) is 0 Å². The molecule has 0 spiro atoms. The van der Waals surface area contributed by atoms with Gasteiger partial charge in [-0.2, -0.15) is 0 Å². The summed E-state index contributed by atoms with van der Waals surface area (Å²) >= 11 is 13.1. The molecule has 0 saturated heterocycles. The van der Waals surface area contributed by atoms with Gasteiger partial charge < -0.3 is 0 Å². The zero-order valence-corrected chi connectivity index (χ0v) is 17.4. The molecule has 0 amide bonds. The van der Waals surface area contributed by atoms with Crippen LogP contribution in [0.3, 0.4) is 0 Å². The third-order valence-electron chi connectivity index (χ3n) is 5.32. The van der Waals surface area contributed by atoms with Gasteiger partial charge in [-0.3, -0.25) is 0 Å². The van der Waals surface area contributed by atoms with Gasteiger partial charge in [-0.1, -0.05) is 109 Å². The van der Waals surface area contributed by atoms with Gasteiger partial charge in [0.25, 0.3) is 6.69 Å². The first kappa shape index (κ1) is 20.8. The lowest BCUT2D eigenvalue weighted by atomic mass is 10.0. The summed E-state index contributed by atoms with van der Waals surface area (Å²) in [7, 11) is 0. The molecule has 0 N–H and O–H groups in total. The minimum atomic E-state index is -1.99. The van der Waals surface area contributed by atoms with Crippen molar-refractivity contribution in [2.45, 2.75) is 121 Å². The molecule has 0 aliphatic heterocycles. The Kier molecular flexibility index (Phi) is 12.4. The maximum absolute atomic E-state index is 6.55. The number of hydrogen-bond acceptors (Lipinski definition) is 0. The minimum absolute atomic E-state index is 0.620. The van der Waals surface area contributed by atoms with Crippen LogP contribution in [-0.4, -0.2) is 6.69 Å². The largest absolute Gasteiger partial charge is 0.251 e. The molecule has 0 radical (unpaired) electrons. The van der Waals surface area contributed by atoms with Crippen molar-refractivity contribution in [2.75, 3.05) is 0 Å². The second-order valence-electron chi connectivity index (χ2n) is 7.53. The maximum atomic E-state index is 6.55. The Morgan fingerprint density at radius 1 is 0.500 bits per heavy atom. The molecule has 3 heteroatoms. The summed E-state index contributed by atoms with van der Waals surface area (Å²) in [4.78, 5) is 0. The van der Waals surface area contributed by atoms with E-state index in [2.05, 4.69) is 6.55 Å². The van der Waals surface area contributed by atoms with Gasteiger partial charge >= 0.3 is 0 Å². The van der Waals surface area contributed by atoms with E-state index < -0.39 is 6.69 Å². The first-order chi connectivity index (χ1) is 10.6. The molecule has 0 unspecified atom stereocenters. The fourth-order valence-corrected chi connectivity index (χ4v) is 6.46. The molecule has 0 aromatic rings. The predicted molar refractivity (Wildman–Crippen MR) is 106 cm³/mol. The van der Waals surface area contributed by atoms with Gasteiger partial charge in [0.15, 0.2) is 0 Å². The summed E-state index contributed by atoms with van der Waals surface area (Å²) in [5.74, 6) is 0. The molecule has 0 heterocycles. The lowest BCUT2D eigenvalue weighted by molar-refractivity contribution is 0.502. The van der Waals surface area contributed by atoms with Crippen LogP contribution in [-0.2, 0) is 0 Å². The lowest BCUT2D eigenvalue weighted by Gasteiger charge is -2.24. The SMILES string of the molecule is C[Si](Cl)(Cl)C1CCCCCCCCCCCCCCCCC1. The molecule has 1 rings (SSSR count). The van der Waals surface area contributed by atoms with Crippen LogP contribution in [0.4, 0.5) is 0 Å². The van der Waals surface area contributed by atoms with Gasteiger partial charge in [-0.05, 0) is 12.1 Å². The van der Waals surface area contributed by atoms with Gasteiger partial charge in [0, 0.05) is 0 Å². The fraction of sp³-hybridized carbons (Fsp3) is 1.00. The molecule has 1 saturated carbocycles. The third-order valence-corrected chi connectivity index (χ3v) is 9.18. The van der Waals surface area contributed by atoms with E-state index in [-0.39, 0.29) is 0 Å². The molecular formula is C19H38Cl2Si. The van der Waals surface area contributed by atoms with Crippen LogP contribution in [0.5, 0.6) is 0 Å². The van der Waals surface area contributed by atoms with Crippen LogP contribution >= 0.6 is 22.2 Å². The van der Waals surface area contributed by atoms with Gasteiger partial charge in [-0.15, -0.1) is 22.2 Å². The molecule has 0 aromatic carbocycles. The Bertz CT molecular complexity index is 232. The van der Waals surface area contributed by atoms with E-state index >= 15 is 0 Å². The van der Waals surface area contributed by atoms with Crippen molar-refractivity contribution in [3.05, 3.63) is 0 Å². The zero-order chi connectivity index (χ0) is 16.1. The Labute approximate surface area is 150 Å². The Balaban J connectivity index is 2.30. The predicted octanol–water partition coefficient (Wildman–Crippen LogP) is 8.55. The first-order valence-corrected chi connectivity index (χ1v) is 14.6. The maximum Gasteiger partial charge on any atom is 0.251 e. The minimum Gasteiger partial charge on any atom is -0.146 e. The zero-order valence-electron chi connectivity index (χ0n) is 14.9. The molecule has 0 atom stereocenters. The Morgan fingerprint density at radius 3 is 0.955 bits per heavy atom. The second kappa shape index (κ2) is 13.1. The molecule has 1 aliphatic carbocycles. The van der Waals surface area contributed by atoms with Gasteiger partial charge in [0.2, 0.25) is 0 Å². The highest BCUT2D eigenvalue weighted by Gasteiger charge is 2.32. The van der Waals surface area contributed by atoms with Crippen molar-refractivity contribution in [3.8, 4) is 0 Å². The summed E-state index contributed by atoms with van der Waals surface area (Å²) in [6.07, 6.45) is 23.9. The molecule has 0 aromatic heterocycles. The highest BCUT2D eigenvalue weighted by molar-refractivity contribution is 7.45. The average molecular weight is 366 g/mol. The topological polar surface area (TPSA) is 0 Å². The van der Waals surface area contributed by atoms with Crippen molar-refractivity contribution in [1.29, 1.82) is 0 Å². The lowest BCUT2D eigenvalue weighted by Crippen LogP contribution is -2.22. The molecule has 1 aliphatic rings. The van der Waals surface area contributed by atoms with Crippen LogP contribution in [0.25, 0.3) is 0 Å². The third kappa shape index (κ3) is 11.4. The standard InChI is InChI=1S/C19H38Cl2Si/c1-22(20,21)19-17-15-13-11-9-7-5-3-2-4-6-8-10-12-14-16-18-19/h19H,2-18H2,1H3. The van der Waals surface area contributed by atoms with E-state index in [1.807, 2.05) is 0 Å².